The number of carbonyl (C=O) groups excluding carboxylic acids is 2. The zero-order chi connectivity index (χ0) is 17.3. The largest absolute Gasteiger partial charge is 0.423 e. The van der Waals surface area contributed by atoms with E-state index >= 15 is 0 Å². The van der Waals surface area contributed by atoms with Crippen LogP contribution in [0, 0.1) is 0 Å². The van der Waals surface area contributed by atoms with E-state index in [-0.39, 0.29) is 22.5 Å². The molecule has 7 heteroatoms. The van der Waals surface area contributed by atoms with Crippen LogP contribution in [0.15, 0.2) is 57.7 Å². The molecule has 120 valence electrons. The molecule has 0 spiro atoms. The average molecular weight is 344 g/mol. The second-order valence-corrected chi connectivity index (χ2v) is 5.35. The number of ether oxygens (including phenoxy) is 1. The van der Waals surface area contributed by atoms with Gasteiger partial charge in [-0.2, -0.15) is 0 Å². The molecule has 0 unspecified atom stereocenters. The fourth-order valence-electron chi connectivity index (χ4n) is 2.11. The van der Waals surface area contributed by atoms with Crippen molar-refractivity contribution in [3.63, 3.8) is 0 Å². The van der Waals surface area contributed by atoms with Gasteiger partial charge in [-0.3, -0.25) is 4.79 Å². The number of esters is 1. The molecule has 0 bridgehead atoms. The summed E-state index contributed by atoms with van der Waals surface area (Å²) in [5.41, 5.74) is 4.45. The third kappa shape index (κ3) is 3.13. The summed E-state index contributed by atoms with van der Waals surface area (Å²) in [4.78, 5) is 34.9. The molecule has 0 aliphatic heterocycles. The maximum absolute atomic E-state index is 12.1. The van der Waals surface area contributed by atoms with Crippen molar-refractivity contribution in [2.75, 3.05) is 0 Å². The first-order valence-electron chi connectivity index (χ1n) is 6.79. The van der Waals surface area contributed by atoms with Crippen LogP contribution in [0.5, 0.6) is 5.75 Å². The maximum Gasteiger partial charge on any atom is 0.349 e. The van der Waals surface area contributed by atoms with Crippen molar-refractivity contribution in [2.24, 2.45) is 5.73 Å². The van der Waals surface area contributed by atoms with Crippen LogP contribution in [0.2, 0.25) is 5.02 Å². The molecule has 2 N–H and O–H groups in total. The highest BCUT2D eigenvalue weighted by Crippen LogP contribution is 2.22. The van der Waals surface area contributed by atoms with E-state index in [2.05, 4.69) is 0 Å². The summed E-state index contributed by atoms with van der Waals surface area (Å²) in [6.45, 7) is 0. The lowest BCUT2D eigenvalue weighted by atomic mass is 10.1. The van der Waals surface area contributed by atoms with Crippen molar-refractivity contribution in [2.45, 2.75) is 0 Å². The lowest BCUT2D eigenvalue weighted by Crippen LogP contribution is -2.20. The van der Waals surface area contributed by atoms with E-state index in [1.54, 1.807) is 24.3 Å². The molecule has 0 saturated carbocycles. The normalized spacial score (nSPS) is 10.5. The van der Waals surface area contributed by atoms with Gasteiger partial charge in [-0.15, -0.1) is 0 Å². The van der Waals surface area contributed by atoms with Crippen LogP contribution in [-0.4, -0.2) is 11.9 Å². The smallest absolute Gasteiger partial charge is 0.349 e. The Bertz CT molecular complexity index is 1020. The summed E-state index contributed by atoms with van der Waals surface area (Å²) in [5, 5.41) is 0.888. The fourth-order valence-corrected chi connectivity index (χ4v) is 2.30. The molecule has 3 rings (SSSR count). The SMILES string of the molecule is NC(=O)c1cc2ccc(OC(=O)c3cccc(Cl)c3)cc2oc1=O. The van der Waals surface area contributed by atoms with Gasteiger partial charge < -0.3 is 14.9 Å². The summed E-state index contributed by atoms with van der Waals surface area (Å²) in [5.74, 6) is -1.29. The van der Waals surface area contributed by atoms with E-state index in [0.29, 0.717) is 10.4 Å². The molecule has 0 atom stereocenters. The van der Waals surface area contributed by atoms with Crippen LogP contribution in [0.4, 0.5) is 0 Å². The summed E-state index contributed by atoms with van der Waals surface area (Å²) < 4.78 is 10.3. The van der Waals surface area contributed by atoms with Crippen LogP contribution in [0.25, 0.3) is 11.0 Å². The summed E-state index contributed by atoms with van der Waals surface area (Å²) in [6, 6.07) is 12.1. The molecule has 0 saturated heterocycles. The van der Waals surface area contributed by atoms with Crippen molar-refractivity contribution in [3.05, 3.63) is 75.1 Å². The van der Waals surface area contributed by atoms with E-state index in [9.17, 15) is 14.4 Å². The van der Waals surface area contributed by atoms with E-state index in [1.165, 1.54) is 24.3 Å². The van der Waals surface area contributed by atoms with Crippen LogP contribution < -0.4 is 16.1 Å². The Balaban J connectivity index is 1.93. The highest BCUT2D eigenvalue weighted by atomic mass is 35.5. The van der Waals surface area contributed by atoms with Crippen molar-refractivity contribution in [3.8, 4) is 5.75 Å². The van der Waals surface area contributed by atoms with Gasteiger partial charge in [0.05, 0.1) is 5.56 Å². The molecule has 1 amide bonds. The van der Waals surface area contributed by atoms with Crippen LogP contribution in [0.3, 0.4) is 0 Å². The summed E-state index contributed by atoms with van der Waals surface area (Å²) in [6.07, 6.45) is 0. The number of halogens is 1. The third-order valence-electron chi connectivity index (χ3n) is 3.24. The zero-order valence-electron chi connectivity index (χ0n) is 12.1. The molecule has 24 heavy (non-hydrogen) atoms. The highest BCUT2D eigenvalue weighted by molar-refractivity contribution is 6.30. The Morgan fingerprint density at radius 3 is 2.58 bits per heavy atom. The molecule has 0 aliphatic carbocycles. The van der Waals surface area contributed by atoms with Gasteiger partial charge in [-0.25, -0.2) is 9.59 Å². The van der Waals surface area contributed by atoms with Gasteiger partial charge in [-0.05, 0) is 36.4 Å². The highest BCUT2D eigenvalue weighted by Gasteiger charge is 2.13. The minimum absolute atomic E-state index is 0.168. The monoisotopic (exact) mass is 343 g/mol. The number of carbonyl (C=O) groups is 2. The van der Waals surface area contributed by atoms with Gasteiger partial charge in [0.15, 0.2) is 0 Å². The first-order valence-corrected chi connectivity index (χ1v) is 7.17. The number of fused-ring (bicyclic) bond motifs is 1. The van der Waals surface area contributed by atoms with Crippen LogP contribution >= 0.6 is 11.6 Å². The van der Waals surface area contributed by atoms with Crippen LogP contribution in [-0.2, 0) is 0 Å². The summed E-state index contributed by atoms with van der Waals surface area (Å²) >= 11 is 5.83. The van der Waals surface area contributed by atoms with E-state index in [0.717, 1.165) is 0 Å². The molecule has 0 aliphatic rings. The topological polar surface area (TPSA) is 99.6 Å². The number of primary amides is 1. The van der Waals surface area contributed by atoms with E-state index in [4.69, 9.17) is 26.5 Å². The van der Waals surface area contributed by atoms with Gasteiger partial charge in [-0.1, -0.05) is 17.7 Å². The molecule has 3 aromatic rings. The second kappa shape index (κ2) is 6.17. The number of benzene rings is 2. The Morgan fingerprint density at radius 1 is 1.08 bits per heavy atom. The predicted octanol–water partition coefficient (Wildman–Crippen LogP) is 2.76. The second-order valence-electron chi connectivity index (χ2n) is 4.91. The molecule has 0 fully saturated rings. The standard InChI is InChI=1S/C17H10ClNO5/c18-11-3-1-2-10(6-11)16(21)23-12-5-4-9-7-13(15(19)20)17(22)24-14(9)8-12/h1-8H,(H2,19,20). The Hall–Kier alpha value is -3.12. The number of amides is 1. The molecular formula is C17H10ClNO5. The molecule has 1 heterocycles. The van der Waals surface area contributed by atoms with Gasteiger partial charge in [0.25, 0.3) is 5.91 Å². The lowest BCUT2D eigenvalue weighted by molar-refractivity contribution is 0.0734. The third-order valence-corrected chi connectivity index (χ3v) is 3.48. The molecule has 6 nitrogen and oxygen atoms in total. The first kappa shape index (κ1) is 15.8. The van der Waals surface area contributed by atoms with Crippen LogP contribution in [0.1, 0.15) is 20.7 Å². The summed E-state index contributed by atoms with van der Waals surface area (Å²) in [7, 11) is 0. The van der Waals surface area contributed by atoms with Crippen molar-refractivity contribution >= 4 is 34.4 Å². The minimum atomic E-state index is -0.873. The lowest BCUT2D eigenvalue weighted by Gasteiger charge is -2.06. The quantitative estimate of drug-likeness (QED) is 0.448. The fraction of sp³-hybridized carbons (Fsp3) is 0. The Labute approximate surface area is 140 Å². The average Bonchev–Trinajstić information content (AvgIpc) is 2.53. The molecule has 0 radical (unpaired) electrons. The van der Waals surface area contributed by atoms with E-state index < -0.39 is 17.5 Å². The first-order chi connectivity index (χ1) is 11.4. The van der Waals surface area contributed by atoms with Gasteiger partial charge in [0, 0.05) is 16.5 Å². The van der Waals surface area contributed by atoms with Gasteiger partial charge in [0.1, 0.15) is 16.9 Å². The van der Waals surface area contributed by atoms with E-state index in [1.807, 2.05) is 0 Å². The minimum Gasteiger partial charge on any atom is -0.423 e. The van der Waals surface area contributed by atoms with Crippen molar-refractivity contribution in [1.82, 2.24) is 0 Å². The predicted molar refractivity (Wildman–Crippen MR) is 87.4 cm³/mol. The van der Waals surface area contributed by atoms with Gasteiger partial charge >= 0.3 is 11.6 Å². The van der Waals surface area contributed by atoms with Crippen molar-refractivity contribution < 1.29 is 18.7 Å². The maximum atomic E-state index is 12.1. The van der Waals surface area contributed by atoms with Crippen molar-refractivity contribution in [1.29, 1.82) is 0 Å². The van der Waals surface area contributed by atoms with Gasteiger partial charge in [0.2, 0.25) is 0 Å². The molecule has 2 aromatic carbocycles. The zero-order valence-corrected chi connectivity index (χ0v) is 12.9. The number of hydrogen-bond acceptors (Lipinski definition) is 5. The molecule has 1 aromatic heterocycles. The number of rotatable bonds is 3. The Morgan fingerprint density at radius 2 is 1.88 bits per heavy atom. The number of hydrogen-bond donors (Lipinski definition) is 1. The number of nitrogens with two attached hydrogens (primary N) is 1. The Kier molecular flexibility index (Phi) is 4.05. The molecular weight excluding hydrogens is 334 g/mol.